The van der Waals surface area contributed by atoms with E-state index in [0.717, 1.165) is 22.6 Å². The number of benzene rings is 2. The molecule has 0 radical (unpaired) electrons. The SMILES string of the molecule is O=C(OCc1ccncc1)c1coc(CC2Nc3cc(Cl)ccc3Oc3ccccc32)n1. The van der Waals surface area contributed by atoms with Gasteiger partial charge in [0.05, 0.1) is 11.7 Å². The van der Waals surface area contributed by atoms with Gasteiger partial charge in [-0.3, -0.25) is 4.98 Å². The number of hydrogen-bond donors (Lipinski definition) is 1. The van der Waals surface area contributed by atoms with E-state index < -0.39 is 5.97 Å². The molecule has 1 aliphatic rings. The molecule has 4 aromatic rings. The first-order chi connectivity index (χ1) is 15.7. The third-order valence-electron chi connectivity index (χ3n) is 5.04. The molecule has 0 saturated heterocycles. The number of carbonyl (C=O) groups is 1. The lowest BCUT2D eigenvalue weighted by Crippen LogP contribution is -2.13. The van der Waals surface area contributed by atoms with E-state index in [4.69, 9.17) is 25.5 Å². The number of anilines is 1. The number of para-hydroxylation sites is 1. The zero-order chi connectivity index (χ0) is 21.9. The standard InChI is InChI=1S/C24H18ClN3O4/c25-16-5-6-22-19(11-16)27-18(17-3-1-2-4-21(17)32-22)12-23-28-20(14-30-23)24(29)31-13-15-7-9-26-10-8-15/h1-11,14,18,27H,12-13H2. The van der Waals surface area contributed by atoms with Gasteiger partial charge in [0.25, 0.3) is 0 Å². The van der Waals surface area contributed by atoms with Crippen LogP contribution < -0.4 is 10.1 Å². The number of fused-ring (bicyclic) bond motifs is 2. The highest BCUT2D eigenvalue weighted by Gasteiger charge is 2.25. The molecule has 7 nitrogen and oxygen atoms in total. The second-order valence-corrected chi connectivity index (χ2v) is 7.68. The van der Waals surface area contributed by atoms with Gasteiger partial charge in [-0.25, -0.2) is 9.78 Å². The molecule has 32 heavy (non-hydrogen) atoms. The van der Waals surface area contributed by atoms with Gasteiger partial charge >= 0.3 is 5.97 Å². The quantitative estimate of drug-likeness (QED) is 0.399. The minimum absolute atomic E-state index is 0.121. The first-order valence-electron chi connectivity index (χ1n) is 9.99. The molecule has 1 N–H and O–H groups in total. The lowest BCUT2D eigenvalue weighted by Gasteiger charge is -2.17. The van der Waals surface area contributed by atoms with Crippen molar-refractivity contribution in [3.8, 4) is 11.5 Å². The van der Waals surface area contributed by atoms with Gasteiger partial charge in [0, 0.05) is 29.4 Å². The van der Waals surface area contributed by atoms with E-state index in [2.05, 4.69) is 15.3 Å². The van der Waals surface area contributed by atoms with E-state index in [9.17, 15) is 4.79 Å². The number of pyridine rings is 1. The normalized spacial score (nSPS) is 14.3. The van der Waals surface area contributed by atoms with Crippen LogP contribution in [0.5, 0.6) is 11.5 Å². The van der Waals surface area contributed by atoms with Crippen LogP contribution in [0.25, 0.3) is 0 Å². The maximum absolute atomic E-state index is 12.4. The van der Waals surface area contributed by atoms with Crippen LogP contribution in [0.2, 0.25) is 5.02 Å². The molecular formula is C24H18ClN3O4. The van der Waals surface area contributed by atoms with Gasteiger partial charge in [-0.15, -0.1) is 0 Å². The Labute approximate surface area is 189 Å². The Kier molecular flexibility index (Phi) is 5.47. The van der Waals surface area contributed by atoms with E-state index in [1.165, 1.54) is 6.26 Å². The minimum Gasteiger partial charge on any atom is -0.456 e. The number of ether oxygens (including phenoxy) is 2. The Morgan fingerprint density at radius 2 is 1.94 bits per heavy atom. The highest BCUT2D eigenvalue weighted by atomic mass is 35.5. The predicted molar refractivity (Wildman–Crippen MR) is 118 cm³/mol. The van der Waals surface area contributed by atoms with Crippen molar-refractivity contribution in [2.45, 2.75) is 19.1 Å². The molecule has 0 saturated carbocycles. The van der Waals surface area contributed by atoms with E-state index >= 15 is 0 Å². The fourth-order valence-electron chi connectivity index (χ4n) is 3.49. The minimum atomic E-state index is -0.550. The number of halogens is 1. The average Bonchev–Trinajstić information content (AvgIpc) is 3.22. The van der Waals surface area contributed by atoms with Gasteiger partial charge in [0.15, 0.2) is 17.3 Å². The summed E-state index contributed by atoms with van der Waals surface area (Å²) in [4.78, 5) is 20.6. The molecule has 5 rings (SSSR count). The number of esters is 1. The van der Waals surface area contributed by atoms with Crippen molar-refractivity contribution in [3.05, 3.63) is 101 Å². The first kappa shape index (κ1) is 20.1. The van der Waals surface area contributed by atoms with Crippen LogP contribution >= 0.6 is 11.6 Å². The summed E-state index contributed by atoms with van der Waals surface area (Å²) < 4.78 is 17.0. The summed E-state index contributed by atoms with van der Waals surface area (Å²) in [7, 11) is 0. The van der Waals surface area contributed by atoms with Gasteiger partial charge < -0.3 is 19.2 Å². The monoisotopic (exact) mass is 447 g/mol. The smallest absolute Gasteiger partial charge is 0.360 e. The molecule has 0 amide bonds. The van der Waals surface area contributed by atoms with Gasteiger partial charge in [-0.05, 0) is 42.0 Å². The summed E-state index contributed by atoms with van der Waals surface area (Å²) in [6.07, 6.45) is 4.99. The third kappa shape index (κ3) is 4.29. The van der Waals surface area contributed by atoms with Crippen molar-refractivity contribution < 1.29 is 18.7 Å². The van der Waals surface area contributed by atoms with Gasteiger partial charge in [-0.1, -0.05) is 29.8 Å². The Hall–Kier alpha value is -3.84. The van der Waals surface area contributed by atoms with Crippen LogP contribution in [0.4, 0.5) is 5.69 Å². The number of aromatic nitrogens is 2. The summed E-state index contributed by atoms with van der Waals surface area (Å²) in [5.74, 6) is 1.26. The van der Waals surface area contributed by atoms with Crippen LogP contribution in [-0.4, -0.2) is 15.9 Å². The molecule has 3 heterocycles. The second kappa shape index (κ2) is 8.72. The van der Waals surface area contributed by atoms with Gasteiger partial charge in [0.2, 0.25) is 0 Å². The summed E-state index contributed by atoms with van der Waals surface area (Å²) in [6, 6.07) is 16.5. The fraction of sp³-hybridized carbons (Fsp3) is 0.125. The van der Waals surface area contributed by atoms with E-state index in [1.807, 2.05) is 36.4 Å². The highest BCUT2D eigenvalue weighted by Crippen LogP contribution is 2.41. The molecule has 8 heteroatoms. The van der Waals surface area contributed by atoms with Crippen molar-refractivity contribution in [2.75, 3.05) is 5.32 Å². The van der Waals surface area contributed by atoms with Crippen molar-refractivity contribution >= 4 is 23.3 Å². The summed E-state index contributed by atoms with van der Waals surface area (Å²) >= 11 is 6.18. The summed E-state index contributed by atoms with van der Waals surface area (Å²) in [5.41, 5.74) is 2.67. The third-order valence-corrected chi connectivity index (χ3v) is 5.28. The second-order valence-electron chi connectivity index (χ2n) is 7.24. The first-order valence-corrected chi connectivity index (χ1v) is 10.4. The fourth-order valence-corrected chi connectivity index (χ4v) is 3.66. The Morgan fingerprint density at radius 1 is 1.09 bits per heavy atom. The van der Waals surface area contributed by atoms with Crippen LogP contribution in [0, 0.1) is 0 Å². The van der Waals surface area contributed by atoms with Crippen molar-refractivity contribution in [1.82, 2.24) is 9.97 Å². The number of nitrogens with one attached hydrogen (secondary N) is 1. The molecule has 0 fully saturated rings. The van der Waals surface area contributed by atoms with E-state index in [-0.39, 0.29) is 18.3 Å². The summed E-state index contributed by atoms with van der Waals surface area (Å²) in [5, 5.41) is 4.06. The Balaban J connectivity index is 1.34. The molecule has 1 unspecified atom stereocenters. The highest BCUT2D eigenvalue weighted by molar-refractivity contribution is 6.30. The number of nitrogens with zero attached hydrogens (tertiary/aromatic N) is 2. The molecule has 160 valence electrons. The molecule has 0 aliphatic carbocycles. The molecule has 1 atom stereocenters. The molecular weight excluding hydrogens is 430 g/mol. The van der Waals surface area contributed by atoms with Crippen molar-refractivity contribution in [1.29, 1.82) is 0 Å². The van der Waals surface area contributed by atoms with Crippen LogP contribution in [0.1, 0.15) is 33.5 Å². The molecule has 2 aromatic heterocycles. The average molecular weight is 448 g/mol. The zero-order valence-electron chi connectivity index (χ0n) is 16.8. The van der Waals surface area contributed by atoms with Gasteiger partial charge in [-0.2, -0.15) is 0 Å². The molecule has 0 spiro atoms. The number of rotatable bonds is 5. The Bertz CT molecular complexity index is 1260. The van der Waals surface area contributed by atoms with Crippen LogP contribution in [0.15, 0.2) is 77.7 Å². The molecule has 1 aliphatic heterocycles. The maximum Gasteiger partial charge on any atom is 0.360 e. The molecule has 0 bridgehead atoms. The largest absolute Gasteiger partial charge is 0.456 e. The lowest BCUT2D eigenvalue weighted by molar-refractivity contribution is 0.0465. The van der Waals surface area contributed by atoms with Crippen molar-refractivity contribution in [2.24, 2.45) is 0 Å². The van der Waals surface area contributed by atoms with E-state index in [0.29, 0.717) is 23.1 Å². The van der Waals surface area contributed by atoms with Crippen LogP contribution in [0.3, 0.4) is 0 Å². The lowest BCUT2D eigenvalue weighted by atomic mass is 10.0. The topological polar surface area (TPSA) is 86.5 Å². The zero-order valence-corrected chi connectivity index (χ0v) is 17.6. The number of hydrogen-bond acceptors (Lipinski definition) is 7. The number of oxazole rings is 1. The Morgan fingerprint density at radius 3 is 2.81 bits per heavy atom. The number of carbonyl (C=O) groups excluding carboxylic acids is 1. The predicted octanol–water partition coefficient (Wildman–Crippen LogP) is 5.58. The van der Waals surface area contributed by atoms with Gasteiger partial charge in [0.1, 0.15) is 18.6 Å². The van der Waals surface area contributed by atoms with Crippen LogP contribution in [-0.2, 0) is 17.8 Å². The van der Waals surface area contributed by atoms with Crippen molar-refractivity contribution in [3.63, 3.8) is 0 Å². The molecule has 2 aromatic carbocycles. The summed E-state index contributed by atoms with van der Waals surface area (Å²) in [6.45, 7) is 0.135. The maximum atomic E-state index is 12.4. The van der Waals surface area contributed by atoms with E-state index in [1.54, 1.807) is 30.6 Å².